The van der Waals surface area contributed by atoms with E-state index < -0.39 is 28.8 Å². The van der Waals surface area contributed by atoms with Crippen molar-refractivity contribution in [3.05, 3.63) is 35.4 Å². The summed E-state index contributed by atoms with van der Waals surface area (Å²) in [6.45, 7) is 5.26. The Kier molecular flexibility index (Phi) is 7.04. The van der Waals surface area contributed by atoms with Crippen molar-refractivity contribution < 1.29 is 19.1 Å². The van der Waals surface area contributed by atoms with Gasteiger partial charge in [-0.05, 0) is 25.0 Å². The number of cyclic esters (lactones) is 1. The first-order chi connectivity index (χ1) is 15.3. The second kappa shape index (κ2) is 9.62. The molecule has 3 heterocycles. The highest BCUT2D eigenvalue weighted by molar-refractivity contribution is 8.77. The zero-order valence-electron chi connectivity index (χ0n) is 18.3. The van der Waals surface area contributed by atoms with Crippen LogP contribution in [0.1, 0.15) is 31.4 Å². The number of hydrogen-bond donors (Lipinski definition) is 3. The third-order valence-corrected chi connectivity index (χ3v) is 9.57. The SMILES string of the molecule is CC1(C)SSCC(N)CNC1C(=O)N1Cc2ccccc2CC1C(=O)NC1CCOC1=O. The number of amides is 2. The maximum Gasteiger partial charge on any atom is 0.328 e. The number of nitrogens with two attached hydrogens (primary N) is 1. The minimum Gasteiger partial charge on any atom is -0.464 e. The molecule has 2 amide bonds. The van der Waals surface area contributed by atoms with Crippen molar-refractivity contribution in [3.8, 4) is 0 Å². The lowest BCUT2D eigenvalue weighted by molar-refractivity contribution is -0.146. The summed E-state index contributed by atoms with van der Waals surface area (Å²) < 4.78 is 4.59. The predicted molar refractivity (Wildman–Crippen MR) is 126 cm³/mol. The van der Waals surface area contributed by atoms with Gasteiger partial charge in [-0.25, -0.2) is 4.79 Å². The van der Waals surface area contributed by atoms with E-state index in [1.54, 1.807) is 26.5 Å². The van der Waals surface area contributed by atoms with Crippen LogP contribution >= 0.6 is 21.6 Å². The van der Waals surface area contributed by atoms with Crippen molar-refractivity contribution >= 4 is 39.4 Å². The molecule has 1 aromatic rings. The molecule has 4 unspecified atom stereocenters. The topological polar surface area (TPSA) is 114 Å². The largest absolute Gasteiger partial charge is 0.464 e. The molecule has 2 fully saturated rings. The Morgan fingerprint density at radius 2 is 2.03 bits per heavy atom. The van der Waals surface area contributed by atoms with Gasteiger partial charge >= 0.3 is 5.97 Å². The fourth-order valence-electron chi connectivity index (χ4n) is 4.33. The number of ether oxygens (including phenoxy) is 1. The standard InChI is InChI=1S/C22H30N4O4S2/c1-22(2)18(24-10-15(23)12-31-32-22)20(28)26-11-14-6-4-3-5-13(14)9-17(26)19(27)25-16-7-8-30-21(16)29/h3-6,15-18,24H,7-12,23H2,1-2H3,(H,25,27). The van der Waals surface area contributed by atoms with E-state index >= 15 is 0 Å². The number of hydrogen-bond acceptors (Lipinski definition) is 8. The van der Waals surface area contributed by atoms with Crippen LogP contribution in [0, 0.1) is 0 Å². The average Bonchev–Trinajstić information content (AvgIpc) is 3.15. The summed E-state index contributed by atoms with van der Waals surface area (Å²) in [6.07, 6.45) is 0.856. The summed E-state index contributed by atoms with van der Waals surface area (Å²) in [5.74, 6) is -0.0562. The lowest BCUT2D eigenvalue weighted by atomic mass is 9.91. The molecule has 0 bridgehead atoms. The second-order valence-corrected chi connectivity index (χ2v) is 12.0. The normalized spacial score (nSPS) is 30.0. The van der Waals surface area contributed by atoms with Gasteiger partial charge in [0.25, 0.3) is 0 Å². The Morgan fingerprint density at radius 1 is 1.28 bits per heavy atom. The molecule has 4 N–H and O–H groups in total. The number of fused-ring (bicyclic) bond motifs is 1. The fraction of sp³-hybridized carbons (Fsp3) is 0.591. The van der Waals surface area contributed by atoms with E-state index in [4.69, 9.17) is 10.5 Å². The summed E-state index contributed by atoms with van der Waals surface area (Å²) in [5.41, 5.74) is 8.23. The Bertz CT molecular complexity index is 896. The molecule has 4 rings (SSSR count). The van der Waals surface area contributed by atoms with Gasteiger partial charge in [-0.2, -0.15) is 0 Å². The quantitative estimate of drug-likeness (QED) is 0.433. The Morgan fingerprint density at radius 3 is 2.75 bits per heavy atom. The number of carbonyl (C=O) groups is 3. The molecule has 32 heavy (non-hydrogen) atoms. The predicted octanol–water partition coefficient (Wildman–Crippen LogP) is 0.831. The highest BCUT2D eigenvalue weighted by Gasteiger charge is 2.44. The highest BCUT2D eigenvalue weighted by Crippen LogP contribution is 2.40. The Balaban J connectivity index is 1.61. The van der Waals surface area contributed by atoms with Crippen LogP contribution in [0.3, 0.4) is 0 Å². The molecule has 10 heteroatoms. The van der Waals surface area contributed by atoms with Gasteiger partial charge in [0, 0.05) is 42.5 Å². The maximum atomic E-state index is 13.9. The number of rotatable bonds is 3. The Hall–Kier alpha value is -1.75. The van der Waals surface area contributed by atoms with E-state index in [1.165, 1.54) is 0 Å². The van der Waals surface area contributed by atoms with Gasteiger partial charge < -0.3 is 26.0 Å². The van der Waals surface area contributed by atoms with Gasteiger partial charge in [0.2, 0.25) is 11.8 Å². The van der Waals surface area contributed by atoms with Gasteiger partial charge in [0.15, 0.2) is 0 Å². The van der Waals surface area contributed by atoms with Crippen molar-refractivity contribution in [1.82, 2.24) is 15.5 Å². The molecule has 0 aromatic heterocycles. The van der Waals surface area contributed by atoms with Crippen LogP contribution < -0.4 is 16.4 Å². The van der Waals surface area contributed by atoms with Crippen LogP contribution in [0.2, 0.25) is 0 Å². The Labute approximate surface area is 196 Å². The van der Waals surface area contributed by atoms with Crippen LogP contribution in [-0.4, -0.2) is 70.5 Å². The van der Waals surface area contributed by atoms with Gasteiger partial charge in [0.1, 0.15) is 18.1 Å². The number of benzene rings is 1. The van der Waals surface area contributed by atoms with E-state index in [2.05, 4.69) is 10.6 Å². The minimum atomic E-state index is -0.694. The smallest absolute Gasteiger partial charge is 0.328 e. The van der Waals surface area contributed by atoms with Crippen molar-refractivity contribution in [2.75, 3.05) is 18.9 Å². The summed E-state index contributed by atoms with van der Waals surface area (Å²) >= 11 is 0. The van der Waals surface area contributed by atoms with E-state index in [-0.39, 0.29) is 17.9 Å². The molecule has 3 aliphatic heterocycles. The molecule has 2 saturated heterocycles. The van der Waals surface area contributed by atoms with Crippen LogP contribution in [0.25, 0.3) is 0 Å². The molecule has 0 spiro atoms. The van der Waals surface area contributed by atoms with E-state index in [9.17, 15) is 14.4 Å². The molecular weight excluding hydrogens is 448 g/mol. The van der Waals surface area contributed by atoms with Gasteiger partial charge in [-0.1, -0.05) is 45.9 Å². The van der Waals surface area contributed by atoms with Gasteiger partial charge in [-0.15, -0.1) is 0 Å². The highest BCUT2D eigenvalue weighted by atomic mass is 33.1. The monoisotopic (exact) mass is 478 g/mol. The first kappa shape index (κ1) is 23.4. The molecule has 0 radical (unpaired) electrons. The van der Waals surface area contributed by atoms with Crippen LogP contribution in [0.15, 0.2) is 24.3 Å². The molecule has 0 saturated carbocycles. The maximum absolute atomic E-state index is 13.9. The summed E-state index contributed by atoms with van der Waals surface area (Å²) in [7, 11) is 3.32. The minimum absolute atomic E-state index is 0.0477. The number of esters is 1. The lowest BCUT2D eigenvalue weighted by Gasteiger charge is -2.42. The third kappa shape index (κ3) is 4.93. The first-order valence-electron chi connectivity index (χ1n) is 10.9. The summed E-state index contributed by atoms with van der Waals surface area (Å²) in [6, 6.07) is 5.98. The molecule has 0 aliphatic carbocycles. The number of nitrogens with one attached hydrogen (secondary N) is 2. The van der Waals surface area contributed by atoms with Crippen molar-refractivity contribution in [2.24, 2.45) is 5.73 Å². The molecule has 174 valence electrons. The van der Waals surface area contributed by atoms with Crippen molar-refractivity contribution in [3.63, 3.8) is 0 Å². The van der Waals surface area contributed by atoms with Crippen molar-refractivity contribution in [1.29, 1.82) is 0 Å². The van der Waals surface area contributed by atoms with Crippen LogP contribution in [0.5, 0.6) is 0 Å². The molecule has 3 aliphatic rings. The van der Waals surface area contributed by atoms with Crippen LogP contribution in [-0.2, 0) is 32.1 Å². The lowest BCUT2D eigenvalue weighted by Crippen LogP contribution is -2.63. The van der Waals surface area contributed by atoms with E-state index in [1.807, 2.05) is 38.1 Å². The zero-order valence-corrected chi connectivity index (χ0v) is 20.0. The van der Waals surface area contributed by atoms with Gasteiger partial charge in [0.05, 0.1) is 6.61 Å². The van der Waals surface area contributed by atoms with Gasteiger partial charge in [-0.3, -0.25) is 9.59 Å². The van der Waals surface area contributed by atoms with E-state index in [0.29, 0.717) is 32.5 Å². The molecule has 4 atom stereocenters. The summed E-state index contributed by atoms with van der Waals surface area (Å²) in [5, 5.41) is 6.18. The molecule has 1 aromatic carbocycles. The second-order valence-electron chi connectivity index (χ2n) is 9.04. The summed E-state index contributed by atoms with van der Waals surface area (Å²) in [4.78, 5) is 40.7. The van der Waals surface area contributed by atoms with E-state index in [0.717, 1.165) is 16.9 Å². The molecule has 8 nitrogen and oxygen atoms in total. The average molecular weight is 479 g/mol. The fourth-order valence-corrected chi connectivity index (χ4v) is 7.20. The third-order valence-electron chi connectivity index (χ3n) is 6.17. The number of nitrogens with zero attached hydrogens (tertiary/aromatic N) is 1. The molecular formula is C22H30N4O4S2. The van der Waals surface area contributed by atoms with Crippen LogP contribution in [0.4, 0.5) is 0 Å². The van der Waals surface area contributed by atoms with Crippen molar-refractivity contribution in [2.45, 2.75) is 62.1 Å². The zero-order chi connectivity index (χ0) is 22.9. The number of carbonyl (C=O) groups excluding carboxylic acids is 3. The first-order valence-corrected chi connectivity index (χ1v) is 13.2.